The highest BCUT2D eigenvalue weighted by molar-refractivity contribution is 5.91. The van der Waals surface area contributed by atoms with Crippen LogP contribution in [0.4, 0.5) is 0 Å². The number of amides is 1. The van der Waals surface area contributed by atoms with Crippen molar-refractivity contribution in [3.05, 3.63) is 52.9 Å². The van der Waals surface area contributed by atoms with Crippen LogP contribution in [0, 0.1) is 23.7 Å². The van der Waals surface area contributed by atoms with Crippen molar-refractivity contribution in [2.75, 3.05) is 13.1 Å². The van der Waals surface area contributed by atoms with E-state index in [4.69, 9.17) is 0 Å². The Morgan fingerprint density at radius 2 is 2.24 bits per heavy atom. The lowest BCUT2D eigenvalue weighted by atomic mass is 9.70. The third-order valence-corrected chi connectivity index (χ3v) is 5.88. The van der Waals surface area contributed by atoms with E-state index >= 15 is 0 Å². The average molecular weight is 334 g/mol. The van der Waals surface area contributed by atoms with Crippen molar-refractivity contribution < 1.29 is 4.79 Å². The smallest absolute Gasteiger partial charge is 0.230 e. The van der Waals surface area contributed by atoms with Gasteiger partial charge in [0.05, 0.1) is 23.2 Å². The van der Waals surface area contributed by atoms with Gasteiger partial charge in [-0.05, 0) is 62.6 Å². The summed E-state index contributed by atoms with van der Waals surface area (Å²) in [5.41, 5.74) is 3.72. The summed E-state index contributed by atoms with van der Waals surface area (Å²) in [6.07, 6.45) is 8.07. The Kier molecular flexibility index (Phi) is 3.93. The van der Waals surface area contributed by atoms with Gasteiger partial charge < -0.3 is 5.32 Å². The highest BCUT2D eigenvalue weighted by Gasteiger charge is 2.52. The predicted molar refractivity (Wildman–Crippen MR) is 94.2 cm³/mol. The number of aryl methyl sites for hydroxylation is 1. The summed E-state index contributed by atoms with van der Waals surface area (Å²) in [5.74, 6) is 0.144. The second-order valence-corrected chi connectivity index (χ2v) is 7.26. The molecule has 128 valence electrons. The molecule has 1 aliphatic carbocycles. The van der Waals surface area contributed by atoms with Gasteiger partial charge in [-0.3, -0.25) is 14.7 Å². The molecule has 5 heteroatoms. The summed E-state index contributed by atoms with van der Waals surface area (Å²) in [6.45, 7) is 4.67. The number of rotatable bonds is 2. The van der Waals surface area contributed by atoms with E-state index in [1.165, 1.54) is 5.56 Å². The Balaban J connectivity index is 1.51. The van der Waals surface area contributed by atoms with E-state index in [-0.39, 0.29) is 11.9 Å². The summed E-state index contributed by atoms with van der Waals surface area (Å²) in [4.78, 5) is 19.6. The first-order chi connectivity index (χ1) is 12.1. The topological polar surface area (TPSA) is 69.0 Å². The fraction of sp³-hybridized carbons (Fsp3) is 0.450. The number of allylic oxidation sites excluding steroid dienone is 2. The molecule has 0 saturated carbocycles. The SMILES string of the molecule is Cc1cccnc1CN1CCC2(CC1)C(=O)NC1CC=C(C#N)C=C12. The number of hydrogen-bond donors (Lipinski definition) is 1. The van der Waals surface area contributed by atoms with Crippen LogP contribution in [0.1, 0.15) is 30.5 Å². The molecule has 25 heavy (non-hydrogen) atoms. The van der Waals surface area contributed by atoms with Crippen molar-refractivity contribution in [1.82, 2.24) is 15.2 Å². The lowest BCUT2D eigenvalue weighted by molar-refractivity contribution is -0.128. The van der Waals surface area contributed by atoms with E-state index in [9.17, 15) is 10.1 Å². The summed E-state index contributed by atoms with van der Waals surface area (Å²) in [7, 11) is 0. The Bertz CT molecular complexity index is 809. The van der Waals surface area contributed by atoms with Gasteiger partial charge in [-0.15, -0.1) is 0 Å². The van der Waals surface area contributed by atoms with Gasteiger partial charge in [0.25, 0.3) is 0 Å². The van der Waals surface area contributed by atoms with E-state index in [0.29, 0.717) is 5.57 Å². The van der Waals surface area contributed by atoms with Crippen LogP contribution in [0.15, 0.2) is 41.6 Å². The zero-order valence-electron chi connectivity index (χ0n) is 14.5. The third-order valence-electron chi connectivity index (χ3n) is 5.88. The number of carbonyl (C=O) groups is 1. The van der Waals surface area contributed by atoms with Gasteiger partial charge in [-0.25, -0.2) is 0 Å². The quantitative estimate of drug-likeness (QED) is 0.901. The molecule has 5 nitrogen and oxygen atoms in total. The van der Waals surface area contributed by atoms with Crippen LogP contribution in [-0.2, 0) is 11.3 Å². The molecule has 1 aromatic rings. The number of fused-ring (bicyclic) bond motifs is 2. The molecule has 2 aliphatic heterocycles. The summed E-state index contributed by atoms with van der Waals surface area (Å²) >= 11 is 0. The Morgan fingerprint density at radius 1 is 1.44 bits per heavy atom. The van der Waals surface area contributed by atoms with Gasteiger partial charge in [0.15, 0.2) is 0 Å². The lowest BCUT2D eigenvalue weighted by Gasteiger charge is -2.39. The van der Waals surface area contributed by atoms with Crippen LogP contribution in [0.5, 0.6) is 0 Å². The van der Waals surface area contributed by atoms with Crippen LogP contribution in [0.2, 0.25) is 0 Å². The molecular weight excluding hydrogens is 312 g/mol. The molecule has 3 heterocycles. The van der Waals surface area contributed by atoms with Crippen molar-refractivity contribution in [2.45, 2.75) is 38.8 Å². The number of nitriles is 1. The molecule has 0 aromatic carbocycles. The Labute approximate surface area is 148 Å². The van der Waals surface area contributed by atoms with Crippen LogP contribution in [-0.4, -0.2) is 34.9 Å². The summed E-state index contributed by atoms with van der Waals surface area (Å²) in [5, 5.41) is 12.4. The second-order valence-electron chi connectivity index (χ2n) is 7.26. The van der Waals surface area contributed by atoms with Gasteiger partial charge in [0.1, 0.15) is 0 Å². The fourth-order valence-corrected chi connectivity index (χ4v) is 4.32. The molecule has 3 aliphatic rings. The maximum absolute atomic E-state index is 12.7. The van der Waals surface area contributed by atoms with Gasteiger partial charge in [-0.2, -0.15) is 5.26 Å². The van der Waals surface area contributed by atoms with Gasteiger partial charge >= 0.3 is 0 Å². The number of hydrogen-bond acceptors (Lipinski definition) is 4. The van der Waals surface area contributed by atoms with Crippen LogP contribution in [0.25, 0.3) is 0 Å². The minimum Gasteiger partial charge on any atom is -0.349 e. The van der Waals surface area contributed by atoms with Crippen molar-refractivity contribution in [3.63, 3.8) is 0 Å². The molecule has 2 fully saturated rings. The van der Waals surface area contributed by atoms with E-state index in [2.05, 4.69) is 34.3 Å². The van der Waals surface area contributed by atoms with Crippen LogP contribution >= 0.6 is 0 Å². The van der Waals surface area contributed by atoms with Gasteiger partial charge in [0, 0.05) is 18.3 Å². The molecule has 0 radical (unpaired) electrons. The minimum absolute atomic E-state index is 0.0779. The second kappa shape index (κ2) is 6.12. The normalized spacial score (nSPS) is 25.0. The molecule has 1 amide bonds. The number of likely N-dealkylation sites (tertiary alicyclic amines) is 1. The first-order valence-electron chi connectivity index (χ1n) is 8.88. The third kappa shape index (κ3) is 2.67. The standard InChI is InChI=1S/C20H22N4O/c1-14-3-2-8-22-18(14)13-24-9-6-20(7-10-24)16-11-15(12-21)4-5-17(16)23-19(20)25/h2-4,8,11,17H,5-7,9-10,13H2,1H3,(H,23,25). The molecule has 1 atom stereocenters. The number of nitrogens with one attached hydrogen (secondary N) is 1. The number of carbonyl (C=O) groups excluding carboxylic acids is 1. The highest BCUT2D eigenvalue weighted by Crippen LogP contribution is 2.47. The van der Waals surface area contributed by atoms with E-state index in [1.54, 1.807) is 0 Å². The molecule has 1 aromatic heterocycles. The molecule has 1 spiro atoms. The molecule has 4 rings (SSSR count). The first-order valence-corrected chi connectivity index (χ1v) is 8.88. The zero-order valence-corrected chi connectivity index (χ0v) is 14.5. The number of pyridine rings is 1. The summed E-state index contributed by atoms with van der Waals surface area (Å²) < 4.78 is 0. The molecule has 1 unspecified atom stereocenters. The monoisotopic (exact) mass is 334 g/mol. The van der Waals surface area contributed by atoms with Crippen molar-refractivity contribution in [1.29, 1.82) is 5.26 Å². The van der Waals surface area contributed by atoms with Crippen LogP contribution < -0.4 is 5.32 Å². The number of nitrogens with zero attached hydrogens (tertiary/aromatic N) is 3. The minimum atomic E-state index is -0.420. The van der Waals surface area contributed by atoms with Crippen molar-refractivity contribution in [2.24, 2.45) is 5.41 Å². The van der Waals surface area contributed by atoms with Crippen LogP contribution in [0.3, 0.4) is 0 Å². The molecule has 2 saturated heterocycles. The number of aromatic nitrogens is 1. The highest BCUT2D eigenvalue weighted by atomic mass is 16.2. The van der Waals surface area contributed by atoms with Gasteiger partial charge in [-0.1, -0.05) is 12.1 Å². The Hall–Kier alpha value is -2.45. The molecule has 0 bridgehead atoms. The summed E-state index contributed by atoms with van der Waals surface area (Å²) in [6, 6.07) is 6.36. The largest absolute Gasteiger partial charge is 0.349 e. The molecular formula is C20H22N4O. The zero-order chi connectivity index (χ0) is 17.4. The van der Waals surface area contributed by atoms with Gasteiger partial charge in [0.2, 0.25) is 5.91 Å². The maximum Gasteiger partial charge on any atom is 0.230 e. The maximum atomic E-state index is 12.7. The predicted octanol–water partition coefficient (Wildman–Crippen LogP) is 2.25. The lowest BCUT2D eigenvalue weighted by Crippen LogP contribution is -2.44. The fourth-order valence-electron chi connectivity index (χ4n) is 4.32. The molecule has 1 N–H and O–H groups in total. The first kappa shape index (κ1) is 16.0. The number of piperidine rings is 1. The van der Waals surface area contributed by atoms with E-state index in [1.807, 2.05) is 24.4 Å². The Morgan fingerprint density at radius 3 is 2.96 bits per heavy atom. The van der Waals surface area contributed by atoms with Crippen molar-refractivity contribution in [3.8, 4) is 6.07 Å². The van der Waals surface area contributed by atoms with E-state index in [0.717, 1.165) is 50.2 Å². The average Bonchev–Trinajstić information content (AvgIpc) is 2.90. The van der Waals surface area contributed by atoms with E-state index < -0.39 is 5.41 Å². The van der Waals surface area contributed by atoms with Crippen molar-refractivity contribution >= 4 is 5.91 Å².